The first-order chi connectivity index (χ1) is 22.1. The van der Waals surface area contributed by atoms with Gasteiger partial charge in [0.15, 0.2) is 0 Å². The van der Waals surface area contributed by atoms with Crippen LogP contribution in [0.5, 0.6) is 0 Å². The molecule has 0 heterocycles. The fourth-order valence-electron chi connectivity index (χ4n) is 4.99. The monoisotopic (exact) mass is 594 g/mol. The van der Waals surface area contributed by atoms with E-state index in [1.54, 1.807) is 0 Å². The van der Waals surface area contributed by atoms with E-state index in [-0.39, 0.29) is 11.1 Å². The molecule has 0 aliphatic carbocycles. The predicted molar refractivity (Wildman–Crippen MR) is 176 cm³/mol. The van der Waals surface area contributed by atoms with E-state index in [4.69, 9.17) is 0 Å². The van der Waals surface area contributed by atoms with Crippen molar-refractivity contribution in [3.8, 4) is 12.1 Å². The quantitative estimate of drug-likeness (QED) is 0.112. The Hall–Kier alpha value is -5.76. The van der Waals surface area contributed by atoms with Crippen LogP contribution in [0.15, 0.2) is 132 Å². The average Bonchev–Trinajstić information content (AvgIpc) is 3.10. The average molecular weight is 595 g/mol. The normalized spacial score (nSPS) is 10.1. The summed E-state index contributed by atoms with van der Waals surface area (Å²) in [6.45, 7) is 2.43. The van der Waals surface area contributed by atoms with Crippen LogP contribution in [0.3, 0.4) is 0 Å². The van der Waals surface area contributed by atoms with Gasteiger partial charge in [-0.2, -0.15) is 10.5 Å². The fourth-order valence-corrected chi connectivity index (χ4v) is 4.99. The van der Waals surface area contributed by atoms with Crippen LogP contribution < -0.4 is 16.0 Å². The second kappa shape index (κ2) is 17.4. The number of carbonyl (C=O) groups is 2. The van der Waals surface area contributed by atoms with Crippen molar-refractivity contribution in [2.75, 3.05) is 26.2 Å². The number of nitrogens with one attached hydrogen (secondary N) is 2. The number of nitriles is 2. The van der Waals surface area contributed by atoms with Crippen molar-refractivity contribution < 1.29 is 14.9 Å². The number of benzene rings is 4. The Morgan fingerprint density at radius 1 is 0.511 bits per heavy atom. The lowest BCUT2D eigenvalue weighted by atomic mass is 9.93. The van der Waals surface area contributed by atoms with Crippen LogP contribution in [-0.2, 0) is 9.59 Å². The van der Waals surface area contributed by atoms with E-state index in [0.29, 0.717) is 24.2 Å². The molecule has 0 aliphatic rings. The maximum absolute atomic E-state index is 13.0. The molecule has 224 valence electrons. The molecule has 0 radical (unpaired) electrons. The minimum Gasteiger partial charge on any atom is -0.351 e. The lowest BCUT2D eigenvalue weighted by Gasteiger charge is -2.12. The van der Waals surface area contributed by atoms with Crippen molar-refractivity contribution in [2.24, 2.45) is 0 Å². The Kier molecular flexibility index (Phi) is 12.4. The largest absolute Gasteiger partial charge is 0.351 e. The number of carbonyl (C=O) groups excluding carboxylic acids is 2. The standard InChI is InChI=1S/C38H35N5O2/c39-27-33(35(29-15-5-1-6-16-29)30-17-7-2-8-18-30)37(44)42-25-13-23-41-24-14-26-43-38(45)34(28-40)36(31-19-9-3-10-20-31)32-21-11-4-12-22-32/h1-12,15-22,41H,13-14,23-26H2,(H,42,44)(H,43,45)/p+1. The number of rotatable bonds is 14. The van der Waals surface area contributed by atoms with Crippen molar-refractivity contribution in [3.63, 3.8) is 0 Å². The molecule has 4 aromatic rings. The zero-order valence-electron chi connectivity index (χ0n) is 25.1. The Bertz CT molecular complexity index is 1490. The summed E-state index contributed by atoms with van der Waals surface area (Å²) in [6, 6.07) is 42.1. The van der Waals surface area contributed by atoms with Gasteiger partial charge < -0.3 is 16.0 Å². The molecule has 0 saturated heterocycles. The first-order valence-corrected chi connectivity index (χ1v) is 15.0. The van der Waals surface area contributed by atoms with Gasteiger partial charge in [0.1, 0.15) is 23.3 Å². The highest BCUT2D eigenvalue weighted by atomic mass is 16.2. The van der Waals surface area contributed by atoms with Crippen molar-refractivity contribution in [1.29, 1.82) is 10.5 Å². The van der Waals surface area contributed by atoms with E-state index >= 15 is 0 Å². The molecule has 2 amide bonds. The summed E-state index contributed by atoms with van der Waals surface area (Å²) in [7, 11) is 0. The third-order valence-corrected chi connectivity index (χ3v) is 7.17. The van der Waals surface area contributed by atoms with Crippen LogP contribution in [0.2, 0.25) is 0 Å². The number of nitrogens with zero attached hydrogens (tertiary/aromatic N) is 2. The van der Waals surface area contributed by atoms with Gasteiger partial charge in [-0.15, -0.1) is 0 Å². The van der Waals surface area contributed by atoms with Gasteiger partial charge in [0.05, 0.1) is 13.1 Å². The molecular formula is C38H36N5O2+. The SMILES string of the molecule is N#CC(C(=O)NCCC[NH2+]CCCNC(=O)C(C#N)=C(c1ccccc1)c1ccccc1)=C(c1ccccc1)c1ccccc1. The predicted octanol–water partition coefficient (Wildman–Crippen LogP) is 4.61. The van der Waals surface area contributed by atoms with Crippen LogP contribution >= 0.6 is 0 Å². The number of hydrogen-bond donors (Lipinski definition) is 3. The highest BCUT2D eigenvalue weighted by molar-refractivity contribution is 6.08. The molecule has 45 heavy (non-hydrogen) atoms. The van der Waals surface area contributed by atoms with Crippen LogP contribution in [0.4, 0.5) is 0 Å². The molecule has 0 aromatic heterocycles. The third-order valence-electron chi connectivity index (χ3n) is 7.17. The number of hydrogen-bond acceptors (Lipinski definition) is 4. The minimum absolute atomic E-state index is 0.0839. The minimum atomic E-state index is -0.394. The molecule has 7 nitrogen and oxygen atoms in total. The van der Waals surface area contributed by atoms with Gasteiger partial charge in [-0.1, -0.05) is 121 Å². The first kappa shape index (κ1) is 32.2. The van der Waals surface area contributed by atoms with Gasteiger partial charge in [-0.05, 0) is 22.3 Å². The molecule has 0 bridgehead atoms. The summed E-state index contributed by atoms with van der Waals surface area (Å²) in [4.78, 5) is 26.1. The highest BCUT2D eigenvalue weighted by Gasteiger charge is 2.19. The van der Waals surface area contributed by atoms with Gasteiger partial charge in [-0.3, -0.25) is 9.59 Å². The molecule has 0 aliphatic heterocycles. The smallest absolute Gasteiger partial charge is 0.262 e. The molecule has 0 unspecified atom stereocenters. The van der Waals surface area contributed by atoms with E-state index in [9.17, 15) is 20.1 Å². The summed E-state index contributed by atoms with van der Waals surface area (Å²) >= 11 is 0. The van der Waals surface area contributed by atoms with Gasteiger partial charge >= 0.3 is 0 Å². The Morgan fingerprint density at radius 3 is 1.07 bits per heavy atom. The molecule has 7 heteroatoms. The van der Waals surface area contributed by atoms with Gasteiger partial charge in [-0.25, -0.2) is 0 Å². The van der Waals surface area contributed by atoms with Crippen LogP contribution in [0, 0.1) is 22.7 Å². The van der Waals surface area contributed by atoms with E-state index in [2.05, 4.69) is 28.1 Å². The Balaban J connectivity index is 1.25. The van der Waals surface area contributed by atoms with Crippen molar-refractivity contribution in [1.82, 2.24) is 10.6 Å². The molecule has 4 rings (SSSR count). The van der Waals surface area contributed by atoms with Gasteiger partial charge in [0.2, 0.25) is 0 Å². The van der Waals surface area contributed by atoms with E-state index in [1.807, 2.05) is 121 Å². The number of nitrogens with two attached hydrogens (primary N) is 1. The number of amides is 2. The van der Waals surface area contributed by atoms with Crippen molar-refractivity contribution >= 4 is 23.0 Å². The molecule has 4 aromatic carbocycles. The van der Waals surface area contributed by atoms with Crippen LogP contribution in [-0.4, -0.2) is 38.0 Å². The summed E-state index contributed by atoms with van der Waals surface area (Å²) in [5.74, 6) is -0.788. The molecule has 0 saturated carbocycles. The van der Waals surface area contributed by atoms with Crippen molar-refractivity contribution in [3.05, 3.63) is 155 Å². The zero-order chi connectivity index (χ0) is 31.7. The summed E-state index contributed by atoms with van der Waals surface area (Å²) in [5.41, 5.74) is 4.63. The number of quaternary nitrogens is 1. The highest BCUT2D eigenvalue weighted by Crippen LogP contribution is 2.28. The molecule has 4 N–H and O–H groups in total. The fraction of sp³-hybridized carbons (Fsp3) is 0.158. The molecule has 0 atom stereocenters. The van der Waals surface area contributed by atoms with E-state index in [1.165, 1.54) is 0 Å². The summed E-state index contributed by atoms with van der Waals surface area (Å²) in [6.07, 6.45) is 1.45. The Morgan fingerprint density at radius 2 is 0.800 bits per heavy atom. The zero-order valence-corrected chi connectivity index (χ0v) is 25.1. The lowest BCUT2D eigenvalue weighted by molar-refractivity contribution is -0.654. The maximum Gasteiger partial charge on any atom is 0.262 e. The van der Waals surface area contributed by atoms with Gasteiger partial charge in [0.25, 0.3) is 11.8 Å². The first-order valence-electron chi connectivity index (χ1n) is 15.0. The molecule has 0 fully saturated rings. The summed E-state index contributed by atoms with van der Waals surface area (Å²) in [5, 5.41) is 27.8. The molecular weight excluding hydrogens is 558 g/mol. The second-order valence-electron chi connectivity index (χ2n) is 10.3. The lowest BCUT2D eigenvalue weighted by Crippen LogP contribution is -2.84. The second-order valence-corrected chi connectivity index (χ2v) is 10.3. The van der Waals surface area contributed by atoms with E-state index in [0.717, 1.165) is 48.2 Å². The Labute approximate surface area is 264 Å². The topological polar surface area (TPSA) is 122 Å². The summed E-state index contributed by atoms with van der Waals surface area (Å²) < 4.78 is 0. The van der Waals surface area contributed by atoms with Crippen LogP contribution in [0.1, 0.15) is 35.1 Å². The maximum atomic E-state index is 13.0. The van der Waals surface area contributed by atoms with E-state index < -0.39 is 11.8 Å². The van der Waals surface area contributed by atoms with Crippen molar-refractivity contribution in [2.45, 2.75) is 12.8 Å². The third kappa shape index (κ3) is 9.11. The molecule has 0 spiro atoms. The van der Waals surface area contributed by atoms with Gasteiger partial charge in [0, 0.05) is 37.1 Å². The van der Waals surface area contributed by atoms with Crippen LogP contribution in [0.25, 0.3) is 11.1 Å².